The zero-order chi connectivity index (χ0) is 14.7. The van der Waals surface area contributed by atoms with E-state index in [2.05, 4.69) is 15.0 Å². The summed E-state index contributed by atoms with van der Waals surface area (Å²) in [5, 5.41) is 5.20. The van der Waals surface area contributed by atoms with Crippen LogP contribution in [-0.4, -0.2) is 26.0 Å². The van der Waals surface area contributed by atoms with E-state index < -0.39 is 10.0 Å². The minimum absolute atomic E-state index is 0.109. The molecular weight excluding hydrogens is 306 g/mol. The van der Waals surface area contributed by atoms with Crippen LogP contribution in [-0.2, 0) is 16.4 Å². The third-order valence-corrected chi connectivity index (χ3v) is 5.47. The molecule has 5 nitrogen and oxygen atoms in total. The van der Waals surface area contributed by atoms with Crippen LogP contribution < -0.4 is 10.0 Å². The van der Waals surface area contributed by atoms with E-state index in [9.17, 15) is 8.42 Å². The van der Waals surface area contributed by atoms with Crippen molar-refractivity contribution >= 4 is 27.0 Å². The van der Waals surface area contributed by atoms with E-state index in [1.54, 1.807) is 35.0 Å². The molecule has 1 aliphatic rings. The highest BCUT2D eigenvalue weighted by Crippen LogP contribution is 2.25. The molecular formula is C14H17N3O2S2. The zero-order valence-corrected chi connectivity index (χ0v) is 13.1. The third kappa shape index (κ3) is 3.81. The molecule has 0 bridgehead atoms. The van der Waals surface area contributed by atoms with Crippen molar-refractivity contribution < 1.29 is 8.42 Å². The van der Waals surface area contributed by atoms with Gasteiger partial charge in [0.05, 0.1) is 16.9 Å². The van der Waals surface area contributed by atoms with Crippen LogP contribution in [0.1, 0.15) is 18.5 Å². The molecule has 3 rings (SSSR count). The van der Waals surface area contributed by atoms with Crippen LogP contribution in [0.25, 0.3) is 0 Å². The number of aromatic nitrogens is 1. The maximum atomic E-state index is 12.3. The predicted octanol–water partition coefficient (Wildman–Crippen LogP) is 2.24. The number of benzene rings is 1. The molecule has 112 valence electrons. The number of anilines is 1. The molecule has 0 atom stereocenters. The number of hydrogen-bond acceptors (Lipinski definition) is 5. The van der Waals surface area contributed by atoms with E-state index in [1.807, 2.05) is 11.4 Å². The summed E-state index contributed by atoms with van der Waals surface area (Å²) in [6.07, 6.45) is 2.63. The number of thiazole rings is 1. The SMILES string of the molecule is O=S(=O)(NC1CC1)c1ccccc1NCCc1cscn1. The second-order valence-corrected chi connectivity index (χ2v) is 7.45. The van der Waals surface area contributed by atoms with Crippen molar-refractivity contribution in [3.8, 4) is 0 Å². The van der Waals surface area contributed by atoms with Gasteiger partial charge in [0, 0.05) is 24.4 Å². The molecule has 1 heterocycles. The van der Waals surface area contributed by atoms with Crippen molar-refractivity contribution in [2.24, 2.45) is 0 Å². The number of rotatable bonds is 7. The number of nitrogens with zero attached hydrogens (tertiary/aromatic N) is 1. The lowest BCUT2D eigenvalue weighted by molar-refractivity contribution is 0.581. The Morgan fingerprint density at radius 2 is 2.10 bits per heavy atom. The molecule has 0 radical (unpaired) electrons. The standard InChI is InChI=1S/C14H17N3O2S2/c18-21(19,17-11-5-6-11)14-4-2-1-3-13(14)15-8-7-12-9-20-10-16-12/h1-4,9-11,15,17H,5-8H2. The fourth-order valence-electron chi connectivity index (χ4n) is 2.02. The van der Waals surface area contributed by atoms with Gasteiger partial charge < -0.3 is 5.32 Å². The molecule has 1 aliphatic carbocycles. The summed E-state index contributed by atoms with van der Waals surface area (Å²) in [5.41, 5.74) is 3.46. The molecule has 1 aromatic heterocycles. The molecule has 0 amide bonds. The van der Waals surface area contributed by atoms with Crippen molar-refractivity contribution in [1.29, 1.82) is 0 Å². The topological polar surface area (TPSA) is 71.1 Å². The molecule has 7 heteroatoms. The summed E-state index contributed by atoms with van der Waals surface area (Å²) in [6.45, 7) is 0.652. The Morgan fingerprint density at radius 1 is 1.29 bits per heavy atom. The number of para-hydroxylation sites is 1. The summed E-state index contributed by atoms with van der Waals surface area (Å²) in [6, 6.07) is 7.12. The van der Waals surface area contributed by atoms with Crippen LogP contribution in [0.2, 0.25) is 0 Å². The lowest BCUT2D eigenvalue weighted by Crippen LogP contribution is -2.26. The van der Waals surface area contributed by atoms with Gasteiger partial charge in [0.25, 0.3) is 0 Å². The molecule has 1 aromatic carbocycles. The van der Waals surface area contributed by atoms with Gasteiger partial charge in [0.2, 0.25) is 10.0 Å². The van der Waals surface area contributed by atoms with E-state index in [-0.39, 0.29) is 6.04 Å². The fourth-order valence-corrected chi connectivity index (χ4v) is 4.10. The maximum Gasteiger partial charge on any atom is 0.242 e. The Kier molecular flexibility index (Phi) is 4.23. The van der Waals surface area contributed by atoms with Crippen LogP contribution in [0, 0.1) is 0 Å². The predicted molar refractivity (Wildman–Crippen MR) is 84.1 cm³/mol. The number of hydrogen-bond donors (Lipinski definition) is 2. The summed E-state index contributed by atoms with van der Waals surface area (Å²) in [7, 11) is -3.44. The third-order valence-electron chi connectivity index (χ3n) is 3.26. The first kappa shape index (κ1) is 14.5. The van der Waals surface area contributed by atoms with E-state index in [0.717, 1.165) is 25.0 Å². The van der Waals surface area contributed by atoms with Gasteiger partial charge in [0.1, 0.15) is 4.90 Å². The summed E-state index contributed by atoms with van der Waals surface area (Å²) < 4.78 is 27.4. The van der Waals surface area contributed by atoms with Crippen molar-refractivity contribution in [1.82, 2.24) is 9.71 Å². The Bertz CT molecular complexity index is 695. The molecule has 1 saturated carbocycles. The van der Waals surface area contributed by atoms with Gasteiger partial charge in [-0.15, -0.1) is 11.3 Å². The monoisotopic (exact) mass is 323 g/mol. The van der Waals surface area contributed by atoms with E-state index in [4.69, 9.17) is 0 Å². The largest absolute Gasteiger partial charge is 0.384 e. The normalized spacial score (nSPS) is 15.0. The van der Waals surface area contributed by atoms with E-state index >= 15 is 0 Å². The first-order valence-electron chi connectivity index (χ1n) is 6.87. The van der Waals surface area contributed by atoms with E-state index in [1.165, 1.54) is 0 Å². The highest BCUT2D eigenvalue weighted by molar-refractivity contribution is 7.89. The molecule has 2 N–H and O–H groups in total. The smallest absolute Gasteiger partial charge is 0.242 e. The average Bonchev–Trinajstić information content (AvgIpc) is 3.11. The first-order valence-corrected chi connectivity index (χ1v) is 9.30. The van der Waals surface area contributed by atoms with Crippen molar-refractivity contribution in [3.05, 3.63) is 40.8 Å². The zero-order valence-electron chi connectivity index (χ0n) is 11.5. The first-order chi connectivity index (χ1) is 10.1. The van der Waals surface area contributed by atoms with Crippen molar-refractivity contribution in [3.63, 3.8) is 0 Å². The van der Waals surface area contributed by atoms with Gasteiger partial charge in [-0.1, -0.05) is 12.1 Å². The maximum absolute atomic E-state index is 12.3. The minimum Gasteiger partial charge on any atom is -0.384 e. The van der Waals surface area contributed by atoms with Gasteiger partial charge in [-0.3, -0.25) is 0 Å². The Labute approximate surface area is 128 Å². The molecule has 0 aliphatic heterocycles. The quantitative estimate of drug-likeness (QED) is 0.820. The summed E-state index contributed by atoms with van der Waals surface area (Å²) in [5.74, 6) is 0. The molecule has 0 spiro atoms. The van der Waals surface area contributed by atoms with Gasteiger partial charge in [-0.2, -0.15) is 0 Å². The fraction of sp³-hybridized carbons (Fsp3) is 0.357. The summed E-state index contributed by atoms with van der Waals surface area (Å²) in [4.78, 5) is 4.53. The van der Waals surface area contributed by atoms with E-state index in [0.29, 0.717) is 17.1 Å². The second kappa shape index (κ2) is 6.13. The number of sulfonamides is 1. The van der Waals surface area contributed by atoms with Gasteiger partial charge >= 0.3 is 0 Å². The van der Waals surface area contributed by atoms with Crippen LogP contribution >= 0.6 is 11.3 Å². The highest BCUT2D eigenvalue weighted by Gasteiger charge is 2.29. The Morgan fingerprint density at radius 3 is 2.81 bits per heavy atom. The van der Waals surface area contributed by atoms with Crippen LogP contribution in [0.4, 0.5) is 5.69 Å². The lowest BCUT2D eigenvalue weighted by Gasteiger charge is -2.12. The summed E-state index contributed by atoms with van der Waals surface area (Å²) >= 11 is 1.56. The Hall–Kier alpha value is -1.44. The van der Waals surface area contributed by atoms with Crippen LogP contribution in [0.5, 0.6) is 0 Å². The molecule has 0 saturated heterocycles. The minimum atomic E-state index is -3.44. The van der Waals surface area contributed by atoms with Gasteiger partial charge in [0.15, 0.2) is 0 Å². The molecule has 21 heavy (non-hydrogen) atoms. The van der Waals surface area contributed by atoms with Gasteiger partial charge in [-0.25, -0.2) is 18.1 Å². The Balaban J connectivity index is 1.69. The van der Waals surface area contributed by atoms with Crippen molar-refractivity contribution in [2.75, 3.05) is 11.9 Å². The van der Waals surface area contributed by atoms with Crippen molar-refractivity contribution in [2.45, 2.75) is 30.2 Å². The number of nitrogens with one attached hydrogen (secondary N) is 2. The van der Waals surface area contributed by atoms with Crippen LogP contribution in [0.15, 0.2) is 40.1 Å². The van der Waals surface area contributed by atoms with Crippen LogP contribution in [0.3, 0.4) is 0 Å². The highest BCUT2D eigenvalue weighted by atomic mass is 32.2. The lowest BCUT2D eigenvalue weighted by atomic mass is 10.3. The molecule has 0 unspecified atom stereocenters. The average molecular weight is 323 g/mol. The molecule has 2 aromatic rings. The van der Waals surface area contributed by atoms with Gasteiger partial charge in [-0.05, 0) is 25.0 Å². The molecule has 1 fully saturated rings. The second-order valence-electron chi connectivity index (χ2n) is 5.05.